The second kappa shape index (κ2) is 8.04. The van der Waals surface area contributed by atoms with Gasteiger partial charge in [0, 0.05) is 25.7 Å². The minimum absolute atomic E-state index is 0.0993. The van der Waals surface area contributed by atoms with Crippen molar-refractivity contribution in [3.63, 3.8) is 0 Å². The molecular formula is C18H19FN2O3S. The summed E-state index contributed by atoms with van der Waals surface area (Å²) in [5.41, 5.74) is 1.18. The number of hydrogen-bond acceptors (Lipinski definition) is 3. The zero-order chi connectivity index (χ0) is 18.4. The van der Waals surface area contributed by atoms with Gasteiger partial charge in [-0.25, -0.2) is 12.8 Å². The van der Waals surface area contributed by atoms with Crippen molar-refractivity contribution in [2.24, 2.45) is 0 Å². The topological polar surface area (TPSA) is 66.5 Å². The van der Waals surface area contributed by atoms with Gasteiger partial charge in [0.2, 0.25) is 15.9 Å². The molecule has 132 valence electrons. The maximum absolute atomic E-state index is 13.0. The summed E-state index contributed by atoms with van der Waals surface area (Å²) < 4.78 is 40.0. The van der Waals surface area contributed by atoms with E-state index in [-0.39, 0.29) is 29.7 Å². The Hall–Kier alpha value is -2.51. The van der Waals surface area contributed by atoms with Crippen molar-refractivity contribution in [2.45, 2.75) is 18.4 Å². The van der Waals surface area contributed by atoms with E-state index in [4.69, 9.17) is 0 Å². The Morgan fingerprint density at radius 1 is 1.16 bits per heavy atom. The number of halogens is 1. The molecule has 7 heteroatoms. The molecule has 0 fully saturated rings. The van der Waals surface area contributed by atoms with Gasteiger partial charge in [-0.1, -0.05) is 18.2 Å². The highest BCUT2D eigenvalue weighted by Gasteiger charge is 2.23. The van der Waals surface area contributed by atoms with Crippen LogP contribution in [0.5, 0.6) is 0 Å². The molecule has 0 radical (unpaired) electrons. The van der Waals surface area contributed by atoms with Crippen molar-refractivity contribution in [1.29, 1.82) is 0 Å². The molecule has 0 aliphatic carbocycles. The van der Waals surface area contributed by atoms with Crippen LogP contribution in [0, 0.1) is 5.82 Å². The molecule has 2 rings (SSSR count). The van der Waals surface area contributed by atoms with E-state index in [1.165, 1.54) is 53.7 Å². The number of anilines is 1. The fraction of sp³-hybridized carbons (Fsp3) is 0.167. The van der Waals surface area contributed by atoms with E-state index >= 15 is 0 Å². The Bertz CT molecular complexity index is 847. The number of carbonyl (C=O) groups excluding carboxylic acids is 1. The predicted molar refractivity (Wildman–Crippen MR) is 94.9 cm³/mol. The fourth-order valence-electron chi connectivity index (χ4n) is 2.25. The van der Waals surface area contributed by atoms with Crippen LogP contribution >= 0.6 is 0 Å². The minimum atomic E-state index is -3.76. The number of nitrogens with zero attached hydrogens (tertiary/aromatic N) is 1. The number of rotatable bonds is 7. The predicted octanol–water partition coefficient (Wildman–Crippen LogP) is 3.16. The second-order valence-electron chi connectivity index (χ2n) is 5.42. The fourth-order valence-corrected chi connectivity index (χ4v) is 3.65. The van der Waals surface area contributed by atoms with Crippen molar-refractivity contribution < 1.29 is 17.6 Å². The molecule has 0 bridgehead atoms. The molecule has 1 N–H and O–H groups in total. The van der Waals surface area contributed by atoms with Crippen molar-refractivity contribution in [1.82, 2.24) is 4.31 Å². The standard InChI is InChI=1S/C18H19FN2O3S/c1-3-12-21(13-15-4-6-16(19)7-5-15)25(23,24)18-10-8-17(9-11-18)20-14(2)22/h3-11H,1,12-13H2,2H3,(H,20,22). The van der Waals surface area contributed by atoms with Crippen LogP contribution in [0.2, 0.25) is 0 Å². The molecule has 2 aromatic carbocycles. The van der Waals surface area contributed by atoms with Crippen LogP contribution < -0.4 is 5.32 Å². The number of hydrogen-bond donors (Lipinski definition) is 1. The summed E-state index contributed by atoms with van der Waals surface area (Å²) in [6, 6.07) is 11.6. The third-order valence-corrected chi connectivity index (χ3v) is 5.24. The van der Waals surface area contributed by atoms with Gasteiger partial charge in [0.05, 0.1) is 4.90 Å². The van der Waals surface area contributed by atoms with Crippen LogP contribution in [0.25, 0.3) is 0 Å². The molecule has 0 saturated carbocycles. The van der Waals surface area contributed by atoms with E-state index in [9.17, 15) is 17.6 Å². The van der Waals surface area contributed by atoms with Gasteiger partial charge in [0.15, 0.2) is 0 Å². The van der Waals surface area contributed by atoms with E-state index in [2.05, 4.69) is 11.9 Å². The van der Waals surface area contributed by atoms with Crippen molar-refractivity contribution in [3.05, 3.63) is 72.6 Å². The third-order valence-electron chi connectivity index (χ3n) is 3.42. The van der Waals surface area contributed by atoms with Crippen LogP contribution in [0.15, 0.2) is 66.1 Å². The zero-order valence-corrected chi connectivity index (χ0v) is 14.6. The number of carbonyl (C=O) groups is 1. The van der Waals surface area contributed by atoms with E-state index in [0.29, 0.717) is 11.3 Å². The lowest BCUT2D eigenvalue weighted by molar-refractivity contribution is -0.114. The Morgan fingerprint density at radius 3 is 2.28 bits per heavy atom. The van der Waals surface area contributed by atoms with E-state index in [1.807, 2.05) is 0 Å². The smallest absolute Gasteiger partial charge is 0.243 e. The average Bonchev–Trinajstić information content (AvgIpc) is 2.56. The lowest BCUT2D eigenvalue weighted by Crippen LogP contribution is -2.30. The zero-order valence-electron chi connectivity index (χ0n) is 13.8. The molecule has 1 amide bonds. The Balaban J connectivity index is 2.27. The lowest BCUT2D eigenvalue weighted by atomic mass is 10.2. The molecular weight excluding hydrogens is 343 g/mol. The maximum atomic E-state index is 13.0. The number of nitrogens with one attached hydrogen (secondary N) is 1. The van der Waals surface area contributed by atoms with Crippen molar-refractivity contribution in [3.8, 4) is 0 Å². The van der Waals surface area contributed by atoms with E-state index in [1.54, 1.807) is 12.1 Å². The molecule has 0 aliphatic rings. The van der Waals surface area contributed by atoms with E-state index < -0.39 is 10.0 Å². The van der Waals surface area contributed by atoms with E-state index in [0.717, 1.165) is 0 Å². The molecule has 0 atom stereocenters. The Labute approximate surface area is 146 Å². The molecule has 0 spiro atoms. The Kier molecular flexibility index (Phi) is 6.06. The van der Waals surface area contributed by atoms with Gasteiger partial charge in [0.25, 0.3) is 0 Å². The van der Waals surface area contributed by atoms with Gasteiger partial charge >= 0.3 is 0 Å². The molecule has 0 heterocycles. The van der Waals surface area contributed by atoms with Crippen molar-refractivity contribution >= 4 is 21.6 Å². The molecule has 5 nitrogen and oxygen atoms in total. The number of benzene rings is 2. The van der Waals surface area contributed by atoms with Crippen molar-refractivity contribution in [2.75, 3.05) is 11.9 Å². The van der Waals surface area contributed by atoms with Crippen LogP contribution in [-0.2, 0) is 21.4 Å². The molecule has 0 unspecified atom stereocenters. The summed E-state index contributed by atoms with van der Waals surface area (Å²) in [5.74, 6) is -0.615. The quantitative estimate of drug-likeness (QED) is 0.770. The van der Waals surface area contributed by atoms with Crippen LogP contribution in [-0.4, -0.2) is 25.2 Å². The second-order valence-corrected chi connectivity index (χ2v) is 7.36. The first-order chi connectivity index (χ1) is 11.8. The van der Waals surface area contributed by atoms with Gasteiger partial charge in [-0.2, -0.15) is 4.31 Å². The molecule has 2 aromatic rings. The van der Waals surface area contributed by atoms with Crippen LogP contribution in [0.3, 0.4) is 0 Å². The van der Waals surface area contributed by atoms with Crippen LogP contribution in [0.1, 0.15) is 12.5 Å². The summed E-state index contributed by atoms with van der Waals surface area (Å²) in [6.07, 6.45) is 1.49. The van der Waals surface area contributed by atoms with Gasteiger partial charge < -0.3 is 5.32 Å². The largest absolute Gasteiger partial charge is 0.326 e. The summed E-state index contributed by atoms with van der Waals surface area (Å²) in [6.45, 7) is 5.19. The summed E-state index contributed by atoms with van der Waals surface area (Å²) in [4.78, 5) is 11.1. The van der Waals surface area contributed by atoms with Gasteiger partial charge in [0.1, 0.15) is 5.82 Å². The molecule has 0 aliphatic heterocycles. The number of amides is 1. The highest BCUT2D eigenvalue weighted by atomic mass is 32.2. The maximum Gasteiger partial charge on any atom is 0.243 e. The average molecular weight is 362 g/mol. The summed E-state index contributed by atoms with van der Waals surface area (Å²) >= 11 is 0. The molecule has 0 aromatic heterocycles. The SMILES string of the molecule is C=CCN(Cc1ccc(F)cc1)S(=O)(=O)c1ccc(NC(C)=O)cc1. The van der Waals surface area contributed by atoms with Gasteiger partial charge in [-0.3, -0.25) is 4.79 Å². The normalized spacial score (nSPS) is 11.3. The summed E-state index contributed by atoms with van der Waals surface area (Å²) in [7, 11) is -3.76. The third kappa shape index (κ3) is 4.98. The number of sulfonamides is 1. The first kappa shape index (κ1) is 18.8. The van der Waals surface area contributed by atoms with Crippen LogP contribution in [0.4, 0.5) is 10.1 Å². The monoisotopic (exact) mass is 362 g/mol. The molecule has 25 heavy (non-hydrogen) atoms. The minimum Gasteiger partial charge on any atom is -0.326 e. The first-order valence-corrected chi connectivity index (χ1v) is 9.00. The Morgan fingerprint density at radius 2 is 1.76 bits per heavy atom. The highest BCUT2D eigenvalue weighted by molar-refractivity contribution is 7.89. The highest BCUT2D eigenvalue weighted by Crippen LogP contribution is 2.20. The van der Waals surface area contributed by atoms with Gasteiger partial charge in [-0.05, 0) is 42.0 Å². The summed E-state index contributed by atoms with van der Waals surface area (Å²) in [5, 5.41) is 2.58. The first-order valence-electron chi connectivity index (χ1n) is 7.56. The van der Waals surface area contributed by atoms with Gasteiger partial charge in [-0.15, -0.1) is 6.58 Å². The molecule has 0 saturated heterocycles. The lowest BCUT2D eigenvalue weighted by Gasteiger charge is -2.21.